The molecule has 4 heteroatoms. The van der Waals surface area contributed by atoms with Crippen LogP contribution in [0.1, 0.15) is 31.5 Å². The van der Waals surface area contributed by atoms with Gasteiger partial charge in [0.05, 0.1) is 5.39 Å². The van der Waals surface area contributed by atoms with Crippen molar-refractivity contribution in [2.45, 2.75) is 33.6 Å². The first-order valence-electron chi connectivity index (χ1n) is 6.60. The molecule has 0 aliphatic heterocycles. The molecule has 2 nitrogen and oxygen atoms in total. The van der Waals surface area contributed by atoms with E-state index in [1.54, 1.807) is 13.0 Å². The molecule has 0 aliphatic carbocycles. The molecule has 0 amide bonds. The second kappa shape index (κ2) is 5.51. The summed E-state index contributed by atoms with van der Waals surface area (Å²) in [5.74, 6) is -0.867. The Balaban J connectivity index is 2.75. The first-order valence-corrected chi connectivity index (χ1v) is 6.60. The van der Waals surface area contributed by atoms with E-state index in [0.717, 1.165) is 18.7 Å². The highest BCUT2D eigenvalue weighted by atomic mass is 19.1. The largest absolute Gasteiger partial charge is 0.384 e. The number of aromatic nitrogens is 1. The molecule has 1 aromatic heterocycles. The maximum Gasteiger partial charge on any atom is 0.149 e. The first kappa shape index (κ1) is 13.7. The van der Waals surface area contributed by atoms with Gasteiger partial charge < -0.3 is 5.32 Å². The van der Waals surface area contributed by atoms with E-state index in [-0.39, 0.29) is 10.9 Å². The SMILES string of the molecule is CCCNc1cc(CC)nc2c(F)cc(C)c(F)c12. The quantitative estimate of drug-likeness (QED) is 0.895. The van der Waals surface area contributed by atoms with Crippen molar-refractivity contribution in [3.05, 3.63) is 35.0 Å². The van der Waals surface area contributed by atoms with Gasteiger partial charge in [-0.15, -0.1) is 0 Å². The second-order valence-corrected chi connectivity index (χ2v) is 4.65. The molecule has 19 heavy (non-hydrogen) atoms. The van der Waals surface area contributed by atoms with E-state index in [2.05, 4.69) is 10.3 Å². The molecule has 0 fully saturated rings. The van der Waals surface area contributed by atoms with Gasteiger partial charge in [0.1, 0.15) is 17.2 Å². The van der Waals surface area contributed by atoms with Crippen molar-refractivity contribution in [1.29, 1.82) is 0 Å². The Morgan fingerprint density at radius 2 is 1.95 bits per heavy atom. The van der Waals surface area contributed by atoms with Crippen molar-refractivity contribution in [2.75, 3.05) is 11.9 Å². The average molecular weight is 264 g/mol. The monoisotopic (exact) mass is 264 g/mol. The molecule has 0 saturated heterocycles. The smallest absolute Gasteiger partial charge is 0.149 e. The minimum absolute atomic E-state index is 0.112. The molecule has 0 unspecified atom stereocenters. The normalized spacial score (nSPS) is 11.0. The molecule has 102 valence electrons. The highest BCUT2D eigenvalue weighted by Crippen LogP contribution is 2.30. The molecule has 0 atom stereocenters. The number of nitrogens with zero attached hydrogens (tertiary/aromatic N) is 1. The fourth-order valence-electron chi connectivity index (χ4n) is 2.09. The summed E-state index contributed by atoms with van der Waals surface area (Å²) >= 11 is 0. The zero-order chi connectivity index (χ0) is 14.0. The third kappa shape index (κ3) is 2.53. The van der Waals surface area contributed by atoms with Crippen molar-refractivity contribution in [3.63, 3.8) is 0 Å². The Kier molecular flexibility index (Phi) is 3.98. The lowest BCUT2D eigenvalue weighted by Crippen LogP contribution is -2.05. The number of nitrogens with one attached hydrogen (secondary N) is 1. The summed E-state index contributed by atoms with van der Waals surface area (Å²) in [7, 11) is 0. The van der Waals surface area contributed by atoms with Crippen molar-refractivity contribution < 1.29 is 8.78 Å². The summed E-state index contributed by atoms with van der Waals surface area (Å²) in [6.07, 6.45) is 1.60. The van der Waals surface area contributed by atoms with Crippen LogP contribution >= 0.6 is 0 Å². The Labute approximate surface area is 111 Å². The summed E-state index contributed by atoms with van der Waals surface area (Å²) in [6, 6.07) is 3.01. The Hall–Kier alpha value is -1.71. The van der Waals surface area contributed by atoms with Crippen molar-refractivity contribution in [3.8, 4) is 0 Å². The zero-order valence-corrected chi connectivity index (χ0v) is 11.5. The minimum Gasteiger partial charge on any atom is -0.384 e. The van der Waals surface area contributed by atoms with Crippen LogP contribution in [0.25, 0.3) is 10.9 Å². The number of pyridine rings is 1. The summed E-state index contributed by atoms with van der Waals surface area (Å²) in [5.41, 5.74) is 1.80. The summed E-state index contributed by atoms with van der Waals surface area (Å²) in [6.45, 7) is 6.26. The highest BCUT2D eigenvalue weighted by molar-refractivity contribution is 5.93. The maximum atomic E-state index is 14.3. The van der Waals surface area contributed by atoms with Crippen LogP contribution in [0.2, 0.25) is 0 Å². The van der Waals surface area contributed by atoms with Gasteiger partial charge in [0.2, 0.25) is 0 Å². The van der Waals surface area contributed by atoms with Gasteiger partial charge in [-0.2, -0.15) is 0 Å². The van der Waals surface area contributed by atoms with Crippen molar-refractivity contribution >= 4 is 16.6 Å². The van der Waals surface area contributed by atoms with Gasteiger partial charge in [-0.05, 0) is 37.5 Å². The summed E-state index contributed by atoms with van der Waals surface area (Å²) in [5, 5.41) is 3.41. The van der Waals surface area contributed by atoms with Crippen LogP contribution in [0.5, 0.6) is 0 Å². The lowest BCUT2D eigenvalue weighted by molar-refractivity contribution is 0.607. The van der Waals surface area contributed by atoms with E-state index in [0.29, 0.717) is 17.7 Å². The lowest BCUT2D eigenvalue weighted by Gasteiger charge is -2.13. The molecule has 1 heterocycles. The first-order chi connectivity index (χ1) is 9.08. The number of benzene rings is 1. The number of hydrogen-bond donors (Lipinski definition) is 1. The van der Waals surface area contributed by atoms with Crippen molar-refractivity contribution in [2.24, 2.45) is 0 Å². The molecule has 0 aliphatic rings. The fraction of sp³-hybridized carbons (Fsp3) is 0.400. The number of halogens is 2. The molecule has 0 spiro atoms. The third-order valence-corrected chi connectivity index (χ3v) is 3.14. The molecular weight excluding hydrogens is 246 g/mol. The van der Waals surface area contributed by atoms with E-state index < -0.39 is 11.6 Å². The van der Waals surface area contributed by atoms with Gasteiger partial charge in [-0.1, -0.05) is 13.8 Å². The molecule has 0 radical (unpaired) electrons. The Morgan fingerprint density at radius 3 is 2.58 bits per heavy atom. The van der Waals surface area contributed by atoms with Gasteiger partial charge in [0.15, 0.2) is 0 Å². The lowest BCUT2D eigenvalue weighted by atomic mass is 10.1. The van der Waals surface area contributed by atoms with Crippen LogP contribution < -0.4 is 5.32 Å². The third-order valence-electron chi connectivity index (χ3n) is 3.14. The number of fused-ring (bicyclic) bond motifs is 1. The standard InChI is InChI=1S/C15H18F2N2/c1-4-6-18-12-8-10(5-2)19-15-11(16)7-9(3)14(17)13(12)15/h7-8H,4-6H2,1-3H3,(H,18,19). The van der Waals surface area contributed by atoms with E-state index in [9.17, 15) is 8.78 Å². The van der Waals surface area contributed by atoms with Gasteiger partial charge in [0.25, 0.3) is 0 Å². The molecule has 1 N–H and O–H groups in total. The van der Waals surface area contributed by atoms with Crippen LogP contribution in [0, 0.1) is 18.6 Å². The van der Waals surface area contributed by atoms with Gasteiger partial charge in [0, 0.05) is 17.9 Å². The maximum absolute atomic E-state index is 14.3. The molecule has 0 saturated carbocycles. The summed E-state index contributed by atoms with van der Waals surface area (Å²) < 4.78 is 28.2. The molecule has 2 aromatic rings. The van der Waals surface area contributed by atoms with Crippen molar-refractivity contribution in [1.82, 2.24) is 4.98 Å². The minimum atomic E-state index is -0.469. The number of rotatable bonds is 4. The number of hydrogen-bond acceptors (Lipinski definition) is 2. The van der Waals surface area contributed by atoms with Gasteiger partial charge >= 0.3 is 0 Å². The Morgan fingerprint density at radius 1 is 1.21 bits per heavy atom. The van der Waals surface area contributed by atoms with Crippen LogP contribution in [0.3, 0.4) is 0 Å². The molecular formula is C15H18F2N2. The van der Waals surface area contributed by atoms with E-state index in [4.69, 9.17) is 0 Å². The predicted octanol–water partition coefficient (Wildman–Crippen LogP) is 4.21. The molecule has 0 bridgehead atoms. The zero-order valence-electron chi connectivity index (χ0n) is 11.5. The van der Waals surface area contributed by atoms with Crippen LogP contribution in [-0.2, 0) is 6.42 Å². The van der Waals surface area contributed by atoms with Crippen LogP contribution in [0.15, 0.2) is 12.1 Å². The summed E-state index contributed by atoms with van der Waals surface area (Å²) in [4.78, 5) is 4.21. The number of aryl methyl sites for hydroxylation is 2. The van der Waals surface area contributed by atoms with Gasteiger partial charge in [-0.3, -0.25) is 0 Å². The second-order valence-electron chi connectivity index (χ2n) is 4.65. The highest BCUT2D eigenvalue weighted by Gasteiger charge is 2.15. The fourth-order valence-corrected chi connectivity index (χ4v) is 2.09. The predicted molar refractivity (Wildman–Crippen MR) is 74.6 cm³/mol. The Bertz CT molecular complexity index is 609. The van der Waals surface area contributed by atoms with Gasteiger partial charge in [-0.25, -0.2) is 13.8 Å². The van der Waals surface area contributed by atoms with E-state index >= 15 is 0 Å². The van der Waals surface area contributed by atoms with Crippen LogP contribution in [0.4, 0.5) is 14.5 Å². The van der Waals surface area contributed by atoms with E-state index in [1.807, 2.05) is 13.8 Å². The average Bonchev–Trinajstić information content (AvgIpc) is 2.41. The van der Waals surface area contributed by atoms with E-state index in [1.165, 1.54) is 6.07 Å². The molecule has 1 aromatic carbocycles. The molecule has 2 rings (SSSR count). The van der Waals surface area contributed by atoms with Crippen LogP contribution in [-0.4, -0.2) is 11.5 Å². The topological polar surface area (TPSA) is 24.9 Å². The number of anilines is 1.